The normalized spacial score (nSPS) is 15.8. The van der Waals surface area contributed by atoms with Crippen LogP contribution in [-0.2, 0) is 14.8 Å². The zero-order valence-electron chi connectivity index (χ0n) is 16.6. The lowest BCUT2D eigenvalue weighted by Gasteiger charge is -2.29. The number of hydrogen-bond acceptors (Lipinski definition) is 5. The van der Waals surface area contributed by atoms with E-state index < -0.39 is 10.0 Å². The predicted octanol–water partition coefficient (Wildman–Crippen LogP) is 4.09. The second kappa shape index (κ2) is 8.67. The summed E-state index contributed by atoms with van der Waals surface area (Å²) in [4.78, 5) is 17.4. The highest BCUT2D eigenvalue weighted by Crippen LogP contribution is 2.30. The molecule has 0 radical (unpaired) electrons. The maximum atomic E-state index is 12.7. The van der Waals surface area contributed by atoms with Crippen molar-refractivity contribution in [2.75, 3.05) is 24.7 Å². The molecular formula is C22H23N3O3S2. The molecule has 8 heteroatoms. The number of hydrogen-bond donors (Lipinski definition) is 1. The Morgan fingerprint density at radius 1 is 1.07 bits per heavy atom. The quantitative estimate of drug-likeness (QED) is 0.647. The number of sulfonamides is 1. The van der Waals surface area contributed by atoms with Gasteiger partial charge in [0, 0.05) is 41.2 Å². The minimum absolute atomic E-state index is 0.0662. The molecule has 2 aromatic carbocycles. The van der Waals surface area contributed by atoms with E-state index in [1.807, 2.05) is 60.0 Å². The van der Waals surface area contributed by atoms with Gasteiger partial charge in [-0.15, -0.1) is 11.3 Å². The fraction of sp³-hybridized carbons (Fsp3) is 0.273. The third-order valence-electron chi connectivity index (χ3n) is 5.24. The monoisotopic (exact) mass is 441 g/mol. The van der Waals surface area contributed by atoms with Crippen molar-refractivity contribution in [3.05, 3.63) is 60.0 Å². The summed E-state index contributed by atoms with van der Waals surface area (Å²) in [6.45, 7) is 0.774. The molecule has 4 rings (SSSR count). The Balaban J connectivity index is 1.43. The molecule has 1 N–H and O–H groups in total. The molecule has 0 saturated carbocycles. The van der Waals surface area contributed by atoms with Gasteiger partial charge in [-0.1, -0.05) is 42.5 Å². The second-order valence-electron chi connectivity index (χ2n) is 7.41. The lowest BCUT2D eigenvalue weighted by molar-refractivity contribution is -0.120. The van der Waals surface area contributed by atoms with Crippen molar-refractivity contribution >= 4 is 33.0 Å². The summed E-state index contributed by atoms with van der Waals surface area (Å²) in [5.74, 6) is -0.251. The Labute approximate surface area is 180 Å². The predicted molar refractivity (Wildman–Crippen MR) is 121 cm³/mol. The van der Waals surface area contributed by atoms with Crippen LogP contribution in [0.4, 0.5) is 5.69 Å². The summed E-state index contributed by atoms with van der Waals surface area (Å²) in [6.07, 6.45) is 2.27. The molecule has 156 valence electrons. The largest absolute Gasteiger partial charge is 0.326 e. The summed E-state index contributed by atoms with van der Waals surface area (Å²) in [5.41, 5.74) is 3.62. The van der Waals surface area contributed by atoms with Gasteiger partial charge in [-0.05, 0) is 25.0 Å². The van der Waals surface area contributed by atoms with Crippen LogP contribution in [-0.4, -0.2) is 43.0 Å². The van der Waals surface area contributed by atoms with E-state index in [0.717, 1.165) is 27.5 Å². The van der Waals surface area contributed by atoms with E-state index >= 15 is 0 Å². The van der Waals surface area contributed by atoms with Gasteiger partial charge in [0.2, 0.25) is 15.9 Å². The lowest BCUT2D eigenvalue weighted by Crippen LogP contribution is -2.40. The third kappa shape index (κ3) is 4.77. The van der Waals surface area contributed by atoms with E-state index in [2.05, 4.69) is 5.32 Å². The number of carbonyl (C=O) groups excluding carboxylic acids is 1. The van der Waals surface area contributed by atoms with Gasteiger partial charge >= 0.3 is 0 Å². The molecule has 30 heavy (non-hydrogen) atoms. The zero-order valence-corrected chi connectivity index (χ0v) is 18.2. The van der Waals surface area contributed by atoms with E-state index in [1.54, 1.807) is 11.3 Å². The summed E-state index contributed by atoms with van der Waals surface area (Å²) in [5, 5.41) is 5.96. The van der Waals surface area contributed by atoms with Gasteiger partial charge in [0.25, 0.3) is 0 Å². The van der Waals surface area contributed by atoms with Gasteiger partial charge in [0.1, 0.15) is 5.01 Å². The number of piperidine rings is 1. The number of carbonyl (C=O) groups is 1. The number of amides is 1. The van der Waals surface area contributed by atoms with Crippen molar-refractivity contribution in [3.63, 3.8) is 0 Å². The lowest BCUT2D eigenvalue weighted by atomic mass is 9.97. The molecule has 1 fully saturated rings. The van der Waals surface area contributed by atoms with Crippen molar-refractivity contribution in [2.45, 2.75) is 12.8 Å². The van der Waals surface area contributed by atoms with Crippen LogP contribution >= 0.6 is 11.3 Å². The van der Waals surface area contributed by atoms with Crippen molar-refractivity contribution in [2.24, 2.45) is 5.92 Å². The number of benzene rings is 2. The van der Waals surface area contributed by atoms with Crippen LogP contribution < -0.4 is 5.32 Å². The Kier molecular flexibility index (Phi) is 5.99. The van der Waals surface area contributed by atoms with E-state index in [0.29, 0.717) is 25.9 Å². The van der Waals surface area contributed by atoms with Gasteiger partial charge in [0.05, 0.1) is 11.9 Å². The molecule has 1 aliphatic rings. The van der Waals surface area contributed by atoms with Crippen LogP contribution in [0, 0.1) is 5.92 Å². The van der Waals surface area contributed by atoms with Crippen LogP contribution in [0.3, 0.4) is 0 Å². The minimum atomic E-state index is -3.19. The van der Waals surface area contributed by atoms with Gasteiger partial charge in [-0.25, -0.2) is 17.7 Å². The van der Waals surface area contributed by atoms with Crippen molar-refractivity contribution in [1.82, 2.24) is 9.29 Å². The van der Waals surface area contributed by atoms with E-state index in [9.17, 15) is 13.2 Å². The van der Waals surface area contributed by atoms with E-state index in [1.165, 1.54) is 10.6 Å². The summed E-state index contributed by atoms with van der Waals surface area (Å²) in [6, 6.07) is 17.7. The minimum Gasteiger partial charge on any atom is -0.326 e. The highest BCUT2D eigenvalue weighted by molar-refractivity contribution is 7.88. The number of rotatable bonds is 5. The van der Waals surface area contributed by atoms with E-state index in [4.69, 9.17) is 4.98 Å². The van der Waals surface area contributed by atoms with Crippen molar-refractivity contribution < 1.29 is 13.2 Å². The van der Waals surface area contributed by atoms with E-state index in [-0.39, 0.29) is 11.8 Å². The maximum Gasteiger partial charge on any atom is 0.227 e. The molecule has 1 aromatic heterocycles. The maximum absolute atomic E-state index is 12.7. The van der Waals surface area contributed by atoms with Gasteiger partial charge in [-0.2, -0.15) is 0 Å². The summed E-state index contributed by atoms with van der Waals surface area (Å²) >= 11 is 1.59. The van der Waals surface area contributed by atoms with Crippen LogP contribution in [0.2, 0.25) is 0 Å². The first-order chi connectivity index (χ1) is 14.4. The SMILES string of the molecule is CS(=O)(=O)N1CCC(C(=O)Nc2cccc(-c3csc(-c4ccccc4)n3)c2)CC1. The molecule has 3 aromatic rings. The molecule has 1 amide bonds. The molecule has 0 unspecified atom stereocenters. The first kappa shape index (κ1) is 20.7. The average molecular weight is 442 g/mol. The molecule has 0 spiro atoms. The molecule has 1 saturated heterocycles. The second-order valence-corrected chi connectivity index (χ2v) is 10.3. The van der Waals surface area contributed by atoms with Crippen LogP contribution in [0.1, 0.15) is 12.8 Å². The van der Waals surface area contributed by atoms with Crippen molar-refractivity contribution in [3.8, 4) is 21.8 Å². The van der Waals surface area contributed by atoms with Crippen LogP contribution in [0.15, 0.2) is 60.0 Å². The van der Waals surface area contributed by atoms with Crippen LogP contribution in [0.25, 0.3) is 21.8 Å². The fourth-order valence-electron chi connectivity index (χ4n) is 3.57. The standard InChI is InChI=1S/C22H23N3O3S2/c1-30(27,28)25-12-10-16(11-13-25)21(26)23-19-9-5-8-18(14-19)20-15-29-22(24-20)17-6-3-2-4-7-17/h2-9,14-16H,10-13H2,1H3,(H,23,26). The first-order valence-electron chi connectivity index (χ1n) is 9.77. The molecular weight excluding hydrogens is 418 g/mol. The summed E-state index contributed by atoms with van der Waals surface area (Å²) in [7, 11) is -3.19. The zero-order chi connectivity index (χ0) is 21.1. The molecule has 0 aliphatic carbocycles. The Bertz CT molecular complexity index is 1140. The Morgan fingerprint density at radius 3 is 2.47 bits per heavy atom. The number of thiazole rings is 1. The van der Waals surface area contributed by atoms with Gasteiger partial charge in [0.15, 0.2) is 0 Å². The highest BCUT2D eigenvalue weighted by Gasteiger charge is 2.28. The molecule has 0 bridgehead atoms. The van der Waals surface area contributed by atoms with Crippen LogP contribution in [0.5, 0.6) is 0 Å². The molecule has 1 aliphatic heterocycles. The average Bonchev–Trinajstić information content (AvgIpc) is 3.24. The first-order valence-corrected chi connectivity index (χ1v) is 12.5. The van der Waals surface area contributed by atoms with Gasteiger partial charge < -0.3 is 5.32 Å². The highest BCUT2D eigenvalue weighted by atomic mass is 32.2. The number of nitrogens with one attached hydrogen (secondary N) is 1. The molecule has 0 atom stereocenters. The molecule has 2 heterocycles. The smallest absolute Gasteiger partial charge is 0.227 e. The number of anilines is 1. The topological polar surface area (TPSA) is 79.4 Å². The third-order valence-corrected chi connectivity index (χ3v) is 7.44. The number of aromatic nitrogens is 1. The fourth-order valence-corrected chi connectivity index (χ4v) is 5.28. The Morgan fingerprint density at radius 2 is 1.77 bits per heavy atom. The number of nitrogens with zero attached hydrogens (tertiary/aromatic N) is 2. The van der Waals surface area contributed by atoms with Crippen molar-refractivity contribution in [1.29, 1.82) is 0 Å². The Hall–Kier alpha value is -2.55. The summed E-state index contributed by atoms with van der Waals surface area (Å²) < 4.78 is 24.7. The molecule has 6 nitrogen and oxygen atoms in total. The van der Waals surface area contributed by atoms with Gasteiger partial charge in [-0.3, -0.25) is 4.79 Å².